The SMILES string of the molecule is CCOc1cccc(C=C2C(=O)N(c3ccccc3)C(=S)N2C)c1O. The summed E-state index contributed by atoms with van der Waals surface area (Å²) in [6.45, 7) is 2.29. The van der Waals surface area contributed by atoms with E-state index in [4.69, 9.17) is 17.0 Å². The number of anilines is 1. The van der Waals surface area contributed by atoms with E-state index in [-0.39, 0.29) is 11.7 Å². The largest absolute Gasteiger partial charge is 0.504 e. The third-order valence-electron chi connectivity index (χ3n) is 3.90. The van der Waals surface area contributed by atoms with Gasteiger partial charge in [0.2, 0.25) is 0 Å². The third kappa shape index (κ3) is 3.08. The average Bonchev–Trinajstić information content (AvgIpc) is 2.82. The van der Waals surface area contributed by atoms with Crippen molar-refractivity contribution in [2.24, 2.45) is 0 Å². The van der Waals surface area contributed by atoms with Crippen LogP contribution in [-0.2, 0) is 4.79 Å². The molecule has 25 heavy (non-hydrogen) atoms. The predicted octanol–water partition coefficient (Wildman–Crippen LogP) is 3.40. The number of nitrogens with zero attached hydrogens (tertiary/aromatic N) is 2. The highest BCUT2D eigenvalue weighted by Crippen LogP contribution is 2.34. The molecule has 2 aromatic carbocycles. The molecule has 2 aromatic rings. The smallest absolute Gasteiger partial charge is 0.281 e. The summed E-state index contributed by atoms with van der Waals surface area (Å²) in [5.41, 5.74) is 1.59. The lowest BCUT2D eigenvalue weighted by atomic mass is 10.1. The fourth-order valence-corrected chi connectivity index (χ4v) is 2.92. The quantitative estimate of drug-likeness (QED) is 0.674. The van der Waals surface area contributed by atoms with Crippen molar-refractivity contribution in [3.63, 3.8) is 0 Å². The second-order valence-corrected chi connectivity index (χ2v) is 5.84. The monoisotopic (exact) mass is 354 g/mol. The summed E-state index contributed by atoms with van der Waals surface area (Å²) in [6.07, 6.45) is 1.62. The molecule has 1 aliphatic heterocycles. The van der Waals surface area contributed by atoms with Crippen molar-refractivity contribution < 1.29 is 14.6 Å². The molecule has 1 aliphatic rings. The number of carbonyl (C=O) groups is 1. The fraction of sp³-hybridized carbons (Fsp3) is 0.158. The maximum absolute atomic E-state index is 12.9. The number of hydrogen-bond donors (Lipinski definition) is 1. The third-order valence-corrected chi connectivity index (χ3v) is 4.35. The molecule has 0 aliphatic carbocycles. The summed E-state index contributed by atoms with van der Waals surface area (Å²) >= 11 is 5.42. The number of carbonyl (C=O) groups excluding carboxylic acids is 1. The minimum Gasteiger partial charge on any atom is -0.504 e. The molecular formula is C19H18N2O3S. The number of para-hydroxylation sites is 2. The number of thiocarbonyl (C=S) groups is 1. The molecule has 0 saturated carbocycles. The summed E-state index contributed by atoms with van der Waals surface area (Å²) < 4.78 is 5.39. The normalized spacial score (nSPS) is 16.0. The highest BCUT2D eigenvalue weighted by Gasteiger charge is 2.36. The first kappa shape index (κ1) is 17.0. The van der Waals surface area contributed by atoms with Crippen molar-refractivity contribution in [3.05, 3.63) is 59.8 Å². The van der Waals surface area contributed by atoms with Gasteiger partial charge < -0.3 is 14.7 Å². The molecule has 0 bridgehead atoms. The fourth-order valence-electron chi connectivity index (χ4n) is 2.64. The zero-order valence-electron chi connectivity index (χ0n) is 14.0. The Kier molecular flexibility index (Phi) is 4.72. The number of likely N-dealkylation sites (N-methyl/N-ethyl adjacent to an activating group) is 1. The number of phenolic OH excluding ortho intramolecular Hbond substituents is 1. The Balaban J connectivity index is 2.01. The van der Waals surface area contributed by atoms with E-state index in [1.54, 1.807) is 36.2 Å². The van der Waals surface area contributed by atoms with Gasteiger partial charge in [-0.2, -0.15) is 0 Å². The van der Waals surface area contributed by atoms with E-state index in [2.05, 4.69) is 0 Å². The molecule has 0 radical (unpaired) electrons. The summed E-state index contributed by atoms with van der Waals surface area (Å²) in [5, 5.41) is 10.7. The molecule has 6 heteroatoms. The van der Waals surface area contributed by atoms with Crippen LogP contribution in [0, 0.1) is 0 Å². The zero-order chi connectivity index (χ0) is 18.0. The van der Waals surface area contributed by atoms with Gasteiger partial charge in [-0.15, -0.1) is 0 Å². The Labute approximate surface area is 151 Å². The van der Waals surface area contributed by atoms with Crippen LogP contribution in [0.1, 0.15) is 12.5 Å². The van der Waals surface area contributed by atoms with Crippen LogP contribution < -0.4 is 9.64 Å². The minimum absolute atomic E-state index is 0.00197. The highest BCUT2D eigenvalue weighted by atomic mass is 32.1. The van der Waals surface area contributed by atoms with Crippen LogP contribution in [0.3, 0.4) is 0 Å². The molecule has 0 spiro atoms. The number of amides is 1. The minimum atomic E-state index is -0.236. The van der Waals surface area contributed by atoms with Gasteiger partial charge in [0.15, 0.2) is 16.6 Å². The lowest BCUT2D eigenvalue weighted by Crippen LogP contribution is -2.30. The van der Waals surface area contributed by atoms with Crippen molar-refractivity contribution in [2.75, 3.05) is 18.6 Å². The van der Waals surface area contributed by atoms with Gasteiger partial charge >= 0.3 is 0 Å². The summed E-state index contributed by atoms with van der Waals surface area (Å²) in [4.78, 5) is 16.0. The van der Waals surface area contributed by atoms with Crippen LogP contribution in [0.2, 0.25) is 0 Å². The number of phenols is 1. The number of benzene rings is 2. The van der Waals surface area contributed by atoms with E-state index >= 15 is 0 Å². The van der Waals surface area contributed by atoms with E-state index in [1.165, 1.54) is 4.90 Å². The van der Waals surface area contributed by atoms with Crippen molar-refractivity contribution >= 4 is 35.0 Å². The van der Waals surface area contributed by atoms with Crippen LogP contribution in [0.5, 0.6) is 11.5 Å². The predicted molar refractivity (Wildman–Crippen MR) is 102 cm³/mol. The Morgan fingerprint density at radius 1 is 1.16 bits per heavy atom. The maximum atomic E-state index is 12.9. The van der Waals surface area contributed by atoms with Crippen LogP contribution in [-0.4, -0.2) is 34.7 Å². The molecule has 1 fully saturated rings. The van der Waals surface area contributed by atoms with Gasteiger partial charge in [-0.25, -0.2) is 0 Å². The first-order chi connectivity index (χ1) is 12.0. The standard InChI is InChI=1S/C19H18N2O3S/c1-3-24-16-11-7-8-13(17(16)22)12-15-18(23)21(19(25)20(15)2)14-9-5-4-6-10-14/h4-12,22H,3H2,1-2H3. The van der Waals surface area contributed by atoms with Gasteiger partial charge in [-0.3, -0.25) is 9.69 Å². The Bertz CT molecular complexity index is 849. The van der Waals surface area contributed by atoms with Gasteiger partial charge in [0.05, 0.1) is 12.3 Å². The Hall–Kier alpha value is -2.86. The van der Waals surface area contributed by atoms with E-state index in [9.17, 15) is 9.90 Å². The van der Waals surface area contributed by atoms with Crippen molar-refractivity contribution in [1.29, 1.82) is 0 Å². The molecule has 0 aromatic heterocycles. The van der Waals surface area contributed by atoms with Gasteiger partial charge in [0.1, 0.15) is 5.70 Å². The number of aromatic hydroxyl groups is 1. The second kappa shape index (κ2) is 6.94. The molecule has 1 saturated heterocycles. The lowest BCUT2D eigenvalue weighted by Gasteiger charge is -2.16. The molecule has 0 unspecified atom stereocenters. The molecule has 5 nitrogen and oxygen atoms in total. The van der Waals surface area contributed by atoms with Gasteiger partial charge in [-0.1, -0.05) is 30.3 Å². The van der Waals surface area contributed by atoms with Crippen LogP contribution in [0.25, 0.3) is 6.08 Å². The van der Waals surface area contributed by atoms with E-state index < -0.39 is 0 Å². The molecule has 1 N–H and O–H groups in total. The number of hydrogen-bond acceptors (Lipinski definition) is 4. The molecule has 1 heterocycles. The first-order valence-corrected chi connectivity index (χ1v) is 8.29. The molecule has 3 rings (SSSR count). The van der Waals surface area contributed by atoms with E-state index in [1.807, 2.05) is 37.3 Å². The summed E-state index contributed by atoms with van der Waals surface area (Å²) in [7, 11) is 1.73. The van der Waals surface area contributed by atoms with Crippen molar-refractivity contribution in [1.82, 2.24) is 4.90 Å². The number of rotatable bonds is 4. The maximum Gasteiger partial charge on any atom is 0.281 e. The molecule has 0 atom stereocenters. The van der Waals surface area contributed by atoms with Crippen molar-refractivity contribution in [2.45, 2.75) is 6.92 Å². The lowest BCUT2D eigenvalue weighted by molar-refractivity contribution is -0.114. The Morgan fingerprint density at radius 2 is 1.88 bits per heavy atom. The van der Waals surface area contributed by atoms with E-state index in [0.717, 1.165) is 0 Å². The molecule has 128 valence electrons. The van der Waals surface area contributed by atoms with Crippen LogP contribution in [0.4, 0.5) is 5.69 Å². The molecular weight excluding hydrogens is 336 g/mol. The summed E-state index contributed by atoms with van der Waals surface area (Å²) in [6, 6.07) is 14.4. The van der Waals surface area contributed by atoms with Crippen LogP contribution >= 0.6 is 12.2 Å². The van der Waals surface area contributed by atoms with Crippen LogP contribution in [0.15, 0.2) is 54.2 Å². The summed E-state index contributed by atoms with van der Waals surface area (Å²) in [5.74, 6) is 0.148. The highest BCUT2D eigenvalue weighted by molar-refractivity contribution is 7.80. The number of ether oxygens (including phenoxy) is 1. The molecule has 1 amide bonds. The van der Waals surface area contributed by atoms with Gasteiger partial charge in [0, 0.05) is 12.6 Å². The van der Waals surface area contributed by atoms with E-state index in [0.29, 0.717) is 34.4 Å². The zero-order valence-corrected chi connectivity index (χ0v) is 14.8. The Morgan fingerprint density at radius 3 is 2.56 bits per heavy atom. The van der Waals surface area contributed by atoms with Gasteiger partial charge in [-0.05, 0) is 43.4 Å². The topological polar surface area (TPSA) is 53.0 Å². The first-order valence-electron chi connectivity index (χ1n) is 7.88. The van der Waals surface area contributed by atoms with Gasteiger partial charge in [0.25, 0.3) is 5.91 Å². The average molecular weight is 354 g/mol. The van der Waals surface area contributed by atoms with Crippen molar-refractivity contribution in [3.8, 4) is 11.5 Å². The second-order valence-electron chi connectivity index (χ2n) is 5.47.